The van der Waals surface area contributed by atoms with Crippen molar-refractivity contribution < 1.29 is 4.79 Å². The van der Waals surface area contributed by atoms with Gasteiger partial charge in [0.25, 0.3) is 5.91 Å². The van der Waals surface area contributed by atoms with Crippen molar-refractivity contribution in [3.63, 3.8) is 0 Å². The Labute approximate surface area is 167 Å². The number of halogens is 1. The third-order valence-corrected chi connectivity index (χ3v) is 6.58. The second kappa shape index (κ2) is 8.78. The Morgan fingerprint density at radius 3 is 2.44 bits per heavy atom. The molecule has 1 aromatic rings. The molecule has 0 unspecified atom stereocenters. The molecule has 27 heavy (non-hydrogen) atoms. The van der Waals surface area contributed by atoms with Crippen LogP contribution in [0.4, 0.5) is 0 Å². The Hall–Kier alpha value is -1.33. The number of carbonyl (C=O) groups excluding carboxylic acids is 1. The lowest BCUT2D eigenvalue weighted by atomic mass is 9.98. The van der Waals surface area contributed by atoms with Crippen LogP contribution < -0.4 is 10.7 Å². The van der Waals surface area contributed by atoms with Crippen LogP contribution in [-0.2, 0) is 0 Å². The van der Waals surface area contributed by atoms with E-state index in [4.69, 9.17) is 0 Å². The number of likely N-dealkylation sites (tertiary alicyclic amines) is 1. The molecule has 4 rings (SSSR count). The standard InChI is InChI=1S/C21H31N3O2.ClH/c1-14-10-20(25)17(11-22-14)21(26)23-19-13-24(12-18(19)15-8-9-15)16-6-4-2-3-5-7-16;/h10-11,15-16,18-19H,2-9,12-13H2,1H3,(H,22,25)(H,23,26);1H/t18-,19+;/m1./s1. The van der Waals surface area contributed by atoms with E-state index < -0.39 is 0 Å². The van der Waals surface area contributed by atoms with Crippen LogP contribution in [-0.4, -0.2) is 41.0 Å². The highest BCUT2D eigenvalue weighted by Gasteiger charge is 2.44. The van der Waals surface area contributed by atoms with Gasteiger partial charge in [0.15, 0.2) is 5.43 Å². The van der Waals surface area contributed by atoms with Gasteiger partial charge in [0, 0.05) is 43.1 Å². The fraction of sp³-hybridized carbons (Fsp3) is 0.714. The van der Waals surface area contributed by atoms with Crippen molar-refractivity contribution in [3.8, 4) is 0 Å². The van der Waals surface area contributed by atoms with E-state index in [9.17, 15) is 9.59 Å². The van der Waals surface area contributed by atoms with Crippen molar-refractivity contribution >= 4 is 18.3 Å². The molecule has 2 aliphatic carbocycles. The first-order valence-corrected chi connectivity index (χ1v) is 10.4. The summed E-state index contributed by atoms with van der Waals surface area (Å²) < 4.78 is 0. The summed E-state index contributed by atoms with van der Waals surface area (Å²) in [5.41, 5.74) is 0.821. The zero-order valence-corrected chi connectivity index (χ0v) is 17.0. The number of hydrogen-bond donors (Lipinski definition) is 2. The smallest absolute Gasteiger partial charge is 0.257 e. The average Bonchev–Trinajstić information content (AvgIpc) is 3.41. The maximum Gasteiger partial charge on any atom is 0.257 e. The Morgan fingerprint density at radius 1 is 1.11 bits per heavy atom. The molecule has 0 aromatic carbocycles. The third-order valence-electron chi connectivity index (χ3n) is 6.58. The number of pyridine rings is 1. The predicted octanol–water partition coefficient (Wildman–Crippen LogP) is 3.27. The first-order chi connectivity index (χ1) is 12.6. The SMILES string of the molecule is Cc1cc(=O)c(C(=O)N[C@H]2CN(C3CCCCCC3)C[C@@H]2C2CC2)c[nH]1.Cl. The predicted molar refractivity (Wildman–Crippen MR) is 110 cm³/mol. The van der Waals surface area contributed by atoms with Crippen LogP contribution in [0.3, 0.4) is 0 Å². The molecule has 1 amide bonds. The molecule has 6 heteroatoms. The molecule has 2 saturated carbocycles. The Morgan fingerprint density at radius 2 is 1.81 bits per heavy atom. The maximum atomic E-state index is 12.7. The van der Waals surface area contributed by atoms with E-state index in [1.165, 1.54) is 57.4 Å². The number of carbonyl (C=O) groups is 1. The minimum Gasteiger partial charge on any atom is -0.364 e. The molecular formula is C21H32ClN3O2. The molecule has 0 radical (unpaired) electrons. The van der Waals surface area contributed by atoms with Gasteiger partial charge in [0.05, 0.1) is 0 Å². The molecule has 150 valence electrons. The molecule has 0 bridgehead atoms. The van der Waals surface area contributed by atoms with Crippen LogP contribution >= 0.6 is 12.4 Å². The van der Waals surface area contributed by atoms with Crippen LogP contribution in [0.25, 0.3) is 0 Å². The number of aromatic amines is 1. The summed E-state index contributed by atoms with van der Waals surface area (Å²) in [4.78, 5) is 30.5. The lowest BCUT2D eigenvalue weighted by molar-refractivity contribution is 0.0925. The van der Waals surface area contributed by atoms with Gasteiger partial charge in [-0.3, -0.25) is 14.5 Å². The lowest BCUT2D eigenvalue weighted by Crippen LogP contribution is -2.43. The van der Waals surface area contributed by atoms with Gasteiger partial charge in [0.1, 0.15) is 5.56 Å². The summed E-state index contributed by atoms with van der Waals surface area (Å²) in [6.07, 6.45) is 12.2. The summed E-state index contributed by atoms with van der Waals surface area (Å²) in [5.74, 6) is 1.09. The van der Waals surface area contributed by atoms with Crippen LogP contribution in [0.2, 0.25) is 0 Å². The minimum atomic E-state index is -0.218. The number of aryl methyl sites for hydroxylation is 1. The molecule has 2 heterocycles. The monoisotopic (exact) mass is 393 g/mol. The van der Waals surface area contributed by atoms with E-state index in [0.717, 1.165) is 24.7 Å². The molecule has 1 aliphatic heterocycles. The number of amides is 1. The number of hydrogen-bond acceptors (Lipinski definition) is 3. The van der Waals surface area contributed by atoms with E-state index in [1.54, 1.807) is 6.20 Å². The molecule has 1 aromatic heterocycles. The minimum absolute atomic E-state index is 0. The number of rotatable bonds is 4. The van der Waals surface area contributed by atoms with Gasteiger partial charge in [-0.1, -0.05) is 25.7 Å². The fourth-order valence-corrected chi connectivity index (χ4v) is 4.93. The first kappa shape index (κ1) is 20.4. The molecule has 3 aliphatic rings. The molecule has 2 N–H and O–H groups in total. The van der Waals surface area contributed by atoms with Crippen molar-refractivity contribution in [2.24, 2.45) is 11.8 Å². The number of nitrogens with one attached hydrogen (secondary N) is 2. The molecule has 5 nitrogen and oxygen atoms in total. The summed E-state index contributed by atoms with van der Waals surface area (Å²) in [6.45, 7) is 3.89. The molecule has 3 fully saturated rings. The van der Waals surface area contributed by atoms with Crippen molar-refractivity contribution in [2.45, 2.75) is 70.4 Å². The summed E-state index contributed by atoms with van der Waals surface area (Å²) >= 11 is 0. The Bertz CT molecular complexity index is 708. The van der Waals surface area contributed by atoms with Crippen LogP contribution in [0.15, 0.2) is 17.1 Å². The largest absolute Gasteiger partial charge is 0.364 e. The highest BCUT2D eigenvalue weighted by molar-refractivity contribution is 5.94. The molecular weight excluding hydrogens is 362 g/mol. The van der Waals surface area contributed by atoms with Gasteiger partial charge in [-0.25, -0.2) is 0 Å². The highest BCUT2D eigenvalue weighted by atomic mass is 35.5. The molecule has 0 spiro atoms. The van der Waals surface area contributed by atoms with Gasteiger partial charge in [0.2, 0.25) is 0 Å². The average molecular weight is 394 g/mol. The third kappa shape index (κ3) is 4.75. The lowest BCUT2D eigenvalue weighted by Gasteiger charge is -2.26. The normalized spacial score (nSPS) is 27.0. The van der Waals surface area contributed by atoms with Gasteiger partial charge >= 0.3 is 0 Å². The van der Waals surface area contributed by atoms with Crippen molar-refractivity contribution in [3.05, 3.63) is 33.7 Å². The van der Waals surface area contributed by atoms with Crippen molar-refractivity contribution in [1.82, 2.24) is 15.2 Å². The quantitative estimate of drug-likeness (QED) is 0.771. The van der Waals surface area contributed by atoms with Crippen molar-refractivity contribution in [1.29, 1.82) is 0 Å². The van der Waals surface area contributed by atoms with Gasteiger partial charge in [-0.2, -0.15) is 0 Å². The number of aromatic nitrogens is 1. The summed E-state index contributed by atoms with van der Waals surface area (Å²) in [7, 11) is 0. The Kier molecular flexibility index (Phi) is 6.64. The summed E-state index contributed by atoms with van der Waals surface area (Å²) in [5, 5.41) is 3.21. The zero-order chi connectivity index (χ0) is 18.1. The number of H-pyrrole nitrogens is 1. The molecule has 1 saturated heterocycles. The van der Waals surface area contributed by atoms with E-state index in [0.29, 0.717) is 12.0 Å². The van der Waals surface area contributed by atoms with E-state index >= 15 is 0 Å². The van der Waals surface area contributed by atoms with E-state index in [1.807, 2.05) is 6.92 Å². The zero-order valence-electron chi connectivity index (χ0n) is 16.2. The molecule has 2 atom stereocenters. The topological polar surface area (TPSA) is 65.2 Å². The van der Waals surface area contributed by atoms with Crippen LogP contribution in [0.5, 0.6) is 0 Å². The van der Waals surface area contributed by atoms with E-state index in [-0.39, 0.29) is 35.3 Å². The second-order valence-electron chi connectivity index (χ2n) is 8.57. The summed E-state index contributed by atoms with van der Waals surface area (Å²) in [6, 6.07) is 2.36. The Balaban J connectivity index is 0.00000210. The van der Waals surface area contributed by atoms with Gasteiger partial charge in [-0.15, -0.1) is 12.4 Å². The van der Waals surface area contributed by atoms with Gasteiger partial charge in [-0.05, 0) is 44.4 Å². The van der Waals surface area contributed by atoms with Crippen molar-refractivity contribution in [2.75, 3.05) is 13.1 Å². The maximum absolute atomic E-state index is 12.7. The van der Waals surface area contributed by atoms with Gasteiger partial charge < -0.3 is 10.3 Å². The van der Waals surface area contributed by atoms with Crippen LogP contribution in [0.1, 0.15) is 67.4 Å². The first-order valence-electron chi connectivity index (χ1n) is 10.4. The number of nitrogens with zero attached hydrogens (tertiary/aromatic N) is 1. The van der Waals surface area contributed by atoms with Crippen LogP contribution in [0, 0.1) is 18.8 Å². The fourth-order valence-electron chi connectivity index (χ4n) is 4.93. The van der Waals surface area contributed by atoms with E-state index in [2.05, 4.69) is 15.2 Å². The highest BCUT2D eigenvalue weighted by Crippen LogP contribution is 2.42. The second-order valence-corrected chi connectivity index (χ2v) is 8.57.